The lowest BCUT2D eigenvalue weighted by molar-refractivity contribution is 0.263. The first-order valence-corrected chi connectivity index (χ1v) is 14.9. The van der Waals surface area contributed by atoms with Gasteiger partial charge in [0, 0.05) is 10.8 Å². The highest BCUT2D eigenvalue weighted by molar-refractivity contribution is 5.52. The monoisotopic (exact) mass is 564 g/mol. The Bertz CT molecular complexity index is 1390. The molecule has 0 saturated carbocycles. The van der Waals surface area contributed by atoms with Crippen LogP contribution in [0.3, 0.4) is 0 Å². The number of ether oxygens (including phenoxy) is 5. The third-order valence-corrected chi connectivity index (χ3v) is 8.61. The molecule has 0 spiro atoms. The fourth-order valence-electron chi connectivity index (χ4n) is 5.50. The van der Waals surface area contributed by atoms with Gasteiger partial charge in [-0.2, -0.15) is 0 Å². The SMILES string of the molecule is CCOc1ccc(C(C)(C)c2ccc(C(C)(c3ccc(OCC4CO4)cc3)c3ccc(OCC4CO4)cc3)cc2)cc1. The standard InChI is InChI=1S/C37H40O5/c1-5-38-31-16-10-27(11-17-31)36(2,3)26-6-8-28(9-7-26)37(4,29-12-18-32(19-13-29)39-22-34-24-41-34)30-14-20-33(21-15-30)40-23-35-25-42-35/h6-21,34-35H,5,22-25H2,1-4H3. The molecule has 2 heterocycles. The summed E-state index contributed by atoms with van der Waals surface area (Å²) in [5.41, 5.74) is 5.56. The van der Waals surface area contributed by atoms with Crippen molar-refractivity contribution in [3.63, 3.8) is 0 Å². The summed E-state index contributed by atoms with van der Waals surface area (Å²) < 4.78 is 28.1. The van der Waals surface area contributed by atoms with Crippen molar-refractivity contribution in [3.8, 4) is 17.2 Å². The molecule has 0 aliphatic carbocycles. The molecule has 2 fully saturated rings. The van der Waals surface area contributed by atoms with Crippen molar-refractivity contribution in [2.75, 3.05) is 33.0 Å². The van der Waals surface area contributed by atoms with Crippen LogP contribution in [0.1, 0.15) is 55.5 Å². The minimum atomic E-state index is -0.391. The van der Waals surface area contributed by atoms with E-state index in [-0.39, 0.29) is 17.6 Å². The summed E-state index contributed by atoms with van der Waals surface area (Å²) in [6.07, 6.45) is 0.458. The van der Waals surface area contributed by atoms with Crippen molar-refractivity contribution >= 4 is 0 Å². The Labute approximate surface area is 249 Å². The molecule has 218 valence electrons. The smallest absolute Gasteiger partial charge is 0.119 e. The first-order chi connectivity index (χ1) is 20.4. The molecule has 2 aliphatic rings. The lowest BCUT2D eigenvalue weighted by Crippen LogP contribution is -2.26. The van der Waals surface area contributed by atoms with E-state index in [9.17, 15) is 0 Å². The molecule has 0 bridgehead atoms. The fourth-order valence-corrected chi connectivity index (χ4v) is 5.50. The summed E-state index contributed by atoms with van der Waals surface area (Å²) in [5, 5.41) is 0. The van der Waals surface area contributed by atoms with E-state index in [2.05, 4.69) is 118 Å². The van der Waals surface area contributed by atoms with Crippen molar-refractivity contribution in [1.82, 2.24) is 0 Å². The Morgan fingerprint density at radius 2 is 0.833 bits per heavy atom. The highest BCUT2D eigenvalue weighted by Crippen LogP contribution is 2.41. The van der Waals surface area contributed by atoms with Crippen LogP contribution >= 0.6 is 0 Å². The topological polar surface area (TPSA) is 52.8 Å². The maximum Gasteiger partial charge on any atom is 0.119 e. The molecule has 0 N–H and O–H groups in total. The van der Waals surface area contributed by atoms with Gasteiger partial charge in [0.25, 0.3) is 0 Å². The van der Waals surface area contributed by atoms with Crippen molar-refractivity contribution in [1.29, 1.82) is 0 Å². The second-order valence-electron chi connectivity index (χ2n) is 11.9. The second-order valence-corrected chi connectivity index (χ2v) is 11.9. The Morgan fingerprint density at radius 3 is 1.19 bits per heavy atom. The molecule has 0 amide bonds. The highest BCUT2D eigenvalue weighted by Gasteiger charge is 2.33. The summed E-state index contributed by atoms with van der Waals surface area (Å²) >= 11 is 0. The maximum atomic E-state index is 5.93. The van der Waals surface area contributed by atoms with E-state index >= 15 is 0 Å². The van der Waals surface area contributed by atoms with Gasteiger partial charge in [-0.3, -0.25) is 0 Å². The summed E-state index contributed by atoms with van der Waals surface area (Å²) in [6.45, 7) is 12.3. The summed E-state index contributed by atoms with van der Waals surface area (Å²) in [7, 11) is 0. The number of rotatable bonds is 13. The molecule has 6 rings (SSSR count). The summed E-state index contributed by atoms with van der Waals surface area (Å²) in [4.78, 5) is 0. The number of hydrogen-bond acceptors (Lipinski definition) is 5. The second kappa shape index (κ2) is 11.8. The van der Waals surface area contributed by atoms with Crippen molar-refractivity contribution < 1.29 is 23.7 Å². The first kappa shape index (κ1) is 28.3. The Kier molecular flexibility index (Phi) is 7.98. The average Bonchev–Trinajstić information content (AvgIpc) is 3.96. The molecule has 5 nitrogen and oxygen atoms in total. The molecule has 5 heteroatoms. The zero-order valence-corrected chi connectivity index (χ0v) is 25.0. The van der Waals surface area contributed by atoms with Gasteiger partial charge in [-0.1, -0.05) is 74.5 Å². The summed E-state index contributed by atoms with van der Waals surface area (Å²) in [5.74, 6) is 2.61. The molecule has 2 aliphatic heterocycles. The molecule has 4 aromatic carbocycles. The Balaban J connectivity index is 1.30. The van der Waals surface area contributed by atoms with Crippen LogP contribution in [0.25, 0.3) is 0 Å². The van der Waals surface area contributed by atoms with Crippen LogP contribution in [0.15, 0.2) is 97.1 Å². The van der Waals surface area contributed by atoms with E-state index in [0.29, 0.717) is 19.8 Å². The van der Waals surface area contributed by atoms with Crippen LogP contribution in [0.5, 0.6) is 17.2 Å². The maximum absolute atomic E-state index is 5.93. The first-order valence-electron chi connectivity index (χ1n) is 14.9. The van der Waals surface area contributed by atoms with Crippen molar-refractivity contribution in [3.05, 3.63) is 125 Å². The number of epoxide rings is 2. The predicted molar refractivity (Wildman–Crippen MR) is 165 cm³/mol. The molecular weight excluding hydrogens is 524 g/mol. The molecule has 2 atom stereocenters. The third-order valence-electron chi connectivity index (χ3n) is 8.61. The van der Waals surface area contributed by atoms with Gasteiger partial charge in [-0.05, 0) is 78.1 Å². The van der Waals surface area contributed by atoms with Gasteiger partial charge < -0.3 is 23.7 Å². The van der Waals surface area contributed by atoms with E-state index in [1.807, 2.05) is 6.92 Å². The van der Waals surface area contributed by atoms with Crippen LogP contribution in [-0.4, -0.2) is 45.2 Å². The summed E-state index contributed by atoms with van der Waals surface area (Å²) in [6, 6.07) is 34.5. The van der Waals surface area contributed by atoms with E-state index in [4.69, 9.17) is 23.7 Å². The predicted octanol–water partition coefficient (Wildman–Crippen LogP) is 7.32. The normalized spacial score (nSPS) is 19.0. The minimum Gasteiger partial charge on any atom is -0.494 e. The molecule has 4 aromatic rings. The van der Waals surface area contributed by atoms with Gasteiger partial charge in [-0.15, -0.1) is 0 Å². The highest BCUT2D eigenvalue weighted by atomic mass is 16.6. The Morgan fingerprint density at radius 1 is 0.524 bits per heavy atom. The van der Waals surface area contributed by atoms with Crippen LogP contribution in [0.2, 0.25) is 0 Å². The molecule has 0 aromatic heterocycles. The van der Waals surface area contributed by atoms with Crippen LogP contribution in [-0.2, 0) is 20.3 Å². The van der Waals surface area contributed by atoms with Gasteiger partial charge in [0.15, 0.2) is 0 Å². The lowest BCUT2D eigenvalue weighted by atomic mass is 9.70. The van der Waals surface area contributed by atoms with E-state index in [0.717, 1.165) is 30.5 Å². The quantitative estimate of drug-likeness (QED) is 0.126. The zero-order chi connectivity index (χ0) is 29.2. The van der Waals surface area contributed by atoms with Crippen LogP contribution in [0.4, 0.5) is 0 Å². The van der Waals surface area contributed by atoms with Gasteiger partial charge in [-0.25, -0.2) is 0 Å². The van der Waals surface area contributed by atoms with E-state index < -0.39 is 5.41 Å². The van der Waals surface area contributed by atoms with Gasteiger partial charge in [0.2, 0.25) is 0 Å². The van der Waals surface area contributed by atoms with Crippen molar-refractivity contribution in [2.45, 2.75) is 50.7 Å². The molecular formula is C37H40O5. The van der Waals surface area contributed by atoms with Gasteiger partial charge in [0.1, 0.15) is 42.7 Å². The molecule has 42 heavy (non-hydrogen) atoms. The van der Waals surface area contributed by atoms with Crippen molar-refractivity contribution in [2.24, 2.45) is 0 Å². The largest absolute Gasteiger partial charge is 0.494 e. The minimum absolute atomic E-state index is 0.159. The third kappa shape index (κ3) is 6.18. The Hall–Kier alpha value is -3.80. The van der Waals surface area contributed by atoms with Crippen LogP contribution < -0.4 is 14.2 Å². The molecule has 0 radical (unpaired) electrons. The zero-order valence-electron chi connectivity index (χ0n) is 25.0. The lowest BCUT2D eigenvalue weighted by Gasteiger charge is -2.33. The molecule has 2 saturated heterocycles. The van der Waals surface area contributed by atoms with Crippen LogP contribution in [0, 0.1) is 0 Å². The number of hydrogen-bond donors (Lipinski definition) is 0. The number of benzene rings is 4. The van der Waals surface area contributed by atoms with E-state index in [1.54, 1.807) is 0 Å². The molecule has 2 unspecified atom stereocenters. The van der Waals surface area contributed by atoms with E-state index in [1.165, 1.54) is 27.8 Å². The average molecular weight is 565 g/mol. The van der Waals surface area contributed by atoms with Gasteiger partial charge >= 0.3 is 0 Å². The van der Waals surface area contributed by atoms with Gasteiger partial charge in [0.05, 0.1) is 19.8 Å². The fraction of sp³-hybridized carbons (Fsp3) is 0.351.